The summed E-state index contributed by atoms with van der Waals surface area (Å²) in [5.74, 6) is -2.69. The van der Waals surface area contributed by atoms with Gasteiger partial charge in [-0.3, -0.25) is 0 Å². The predicted octanol–water partition coefficient (Wildman–Crippen LogP) is -4.57. The summed E-state index contributed by atoms with van der Waals surface area (Å²) in [7, 11) is -10.4. The van der Waals surface area contributed by atoms with Crippen LogP contribution in [-0.2, 0) is 30.6 Å². The monoisotopic (exact) mass is 857 g/mol. The van der Waals surface area contributed by atoms with Crippen molar-refractivity contribution in [1.29, 1.82) is 0 Å². The Morgan fingerprint density at radius 2 is 1.08 bits per heavy atom. The van der Waals surface area contributed by atoms with E-state index < -0.39 is 53.1 Å². The van der Waals surface area contributed by atoms with Crippen molar-refractivity contribution in [2.24, 2.45) is 0 Å². The molecule has 3 aromatic rings. The molecule has 19 heteroatoms. The Kier molecular flexibility index (Phi) is 13.5. The Labute approximate surface area is 322 Å². The zero-order chi connectivity index (χ0) is 27.0. The molecule has 1 aliphatic heterocycles. The second-order valence-electron chi connectivity index (χ2n) is 7.35. The Morgan fingerprint density at radius 1 is 0.692 bits per heavy atom. The van der Waals surface area contributed by atoms with Crippen LogP contribution in [0.15, 0.2) is 64.1 Å². The van der Waals surface area contributed by atoms with Gasteiger partial charge >= 0.3 is 94.6 Å². The number of esters is 1. The number of hydrogen-bond acceptors (Lipinski definition) is 10. The van der Waals surface area contributed by atoms with Crippen molar-refractivity contribution >= 4 is 89.9 Å². The molecule has 0 saturated heterocycles. The van der Waals surface area contributed by atoms with Gasteiger partial charge in [0.2, 0.25) is 0 Å². The first-order valence-electron chi connectivity index (χ1n) is 9.20. The minimum Gasteiger partial charge on any atom is -0.744 e. The molecular formula is C20H8Br4Na3O10S2+. The Bertz CT molecular complexity index is 1640. The molecule has 0 spiro atoms. The maximum atomic E-state index is 13.2. The molecule has 0 aromatic heterocycles. The Morgan fingerprint density at radius 3 is 1.46 bits per heavy atom. The SMILES string of the molecule is O=C1OC(c2ccc(O)c(S(=O)(=O)[O-])c2)(c2ccc(O)c(S(=O)(=O)[O-])c2)c2c(Br)c(Br)c(Br)c(Br)c21.[Na+].[Na+].[Na+]. The summed E-state index contributed by atoms with van der Waals surface area (Å²) in [5, 5.41) is 20.0. The van der Waals surface area contributed by atoms with Gasteiger partial charge in [0, 0.05) is 34.6 Å². The van der Waals surface area contributed by atoms with Crippen LogP contribution in [0.4, 0.5) is 0 Å². The van der Waals surface area contributed by atoms with E-state index in [1.165, 1.54) is 0 Å². The van der Waals surface area contributed by atoms with Crippen LogP contribution in [0, 0.1) is 0 Å². The molecule has 0 bridgehead atoms. The third-order valence-electron chi connectivity index (χ3n) is 5.34. The van der Waals surface area contributed by atoms with Crippen LogP contribution >= 0.6 is 63.7 Å². The maximum absolute atomic E-state index is 13.2. The number of rotatable bonds is 4. The first-order valence-corrected chi connectivity index (χ1v) is 15.2. The molecule has 0 saturated carbocycles. The molecule has 0 fully saturated rings. The van der Waals surface area contributed by atoms with Crippen molar-refractivity contribution in [2.45, 2.75) is 15.4 Å². The molecule has 10 nitrogen and oxygen atoms in total. The van der Waals surface area contributed by atoms with Gasteiger partial charge in [0.05, 0.1) is 15.4 Å². The van der Waals surface area contributed by atoms with Crippen LogP contribution in [0.2, 0.25) is 0 Å². The van der Waals surface area contributed by atoms with Crippen LogP contribution in [0.25, 0.3) is 0 Å². The van der Waals surface area contributed by atoms with E-state index in [-0.39, 0.29) is 120 Å². The average Bonchev–Trinajstić information content (AvgIpc) is 3.09. The van der Waals surface area contributed by atoms with E-state index in [0.717, 1.165) is 36.4 Å². The number of cyclic esters (lactones) is 1. The summed E-state index contributed by atoms with van der Waals surface area (Å²) in [6.07, 6.45) is 0. The number of phenols is 2. The summed E-state index contributed by atoms with van der Waals surface area (Å²) >= 11 is 13.3. The number of hydrogen-bond donors (Lipinski definition) is 2. The fourth-order valence-electron chi connectivity index (χ4n) is 3.83. The van der Waals surface area contributed by atoms with Crippen molar-refractivity contribution in [2.75, 3.05) is 0 Å². The van der Waals surface area contributed by atoms with Gasteiger partial charge in [0.15, 0.2) is 5.60 Å². The number of phenolic OH excluding ortho intramolecular Hbond substituents is 2. The van der Waals surface area contributed by atoms with Gasteiger partial charge in [-0.1, -0.05) is 12.1 Å². The molecule has 190 valence electrons. The van der Waals surface area contributed by atoms with Crippen molar-refractivity contribution in [3.8, 4) is 11.5 Å². The largest absolute Gasteiger partial charge is 1.00 e. The topological polar surface area (TPSA) is 181 Å². The molecule has 1 heterocycles. The van der Waals surface area contributed by atoms with Crippen LogP contribution in [-0.4, -0.2) is 42.1 Å². The van der Waals surface area contributed by atoms with E-state index in [9.17, 15) is 40.9 Å². The van der Waals surface area contributed by atoms with Gasteiger partial charge in [-0.15, -0.1) is 0 Å². The van der Waals surface area contributed by atoms with Gasteiger partial charge < -0.3 is 24.1 Å². The van der Waals surface area contributed by atoms with Gasteiger partial charge in [-0.25, -0.2) is 21.6 Å². The quantitative estimate of drug-likeness (QED) is 0.0854. The molecule has 1 aliphatic rings. The molecule has 0 amide bonds. The first kappa shape index (κ1) is 38.5. The number of ether oxygens (including phenoxy) is 1. The van der Waals surface area contributed by atoms with E-state index in [2.05, 4.69) is 63.7 Å². The van der Waals surface area contributed by atoms with Crippen LogP contribution in [0.5, 0.6) is 11.5 Å². The van der Waals surface area contributed by atoms with E-state index in [1.807, 2.05) is 0 Å². The van der Waals surface area contributed by atoms with E-state index in [4.69, 9.17) is 4.74 Å². The van der Waals surface area contributed by atoms with E-state index in [0.29, 0.717) is 8.95 Å². The zero-order valence-electron chi connectivity index (χ0n) is 20.0. The van der Waals surface area contributed by atoms with Gasteiger partial charge in [-0.2, -0.15) is 0 Å². The standard InChI is InChI=1S/C20H10Br4O10S2.3Na/c21-15-13-14(16(22)18(24)17(15)23)20(34-19(13)27,7-1-3-9(25)11(5-7)35(28,29)30)8-2-4-10(26)12(6-8)36(31,32)33;;;/h1-6,25-26H,(H,28,29,30)(H,31,32,33);;;/q;3*+1/p-2. The third kappa shape index (κ3) is 6.77. The number of fused-ring (bicyclic) bond motifs is 1. The predicted molar refractivity (Wildman–Crippen MR) is 135 cm³/mol. The van der Waals surface area contributed by atoms with E-state index in [1.54, 1.807) is 0 Å². The third-order valence-corrected chi connectivity index (χ3v) is 11.8. The fraction of sp³-hybridized carbons (Fsp3) is 0.0500. The number of carbonyl (C=O) groups is 1. The fourth-order valence-corrected chi connectivity index (χ4v) is 7.59. The van der Waals surface area contributed by atoms with Crippen molar-refractivity contribution in [3.05, 3.63) is 76.5 Å². The Balaban J connectivity index is 0.00000253. The summed E-state index contributed by atoms with van der Waals surface area (Å²) < 4.78 is 77.8. The molecule has 4 rings (SSSR count). The maximum Gasteiger partial charge on any atom is 1.00 e. The number of benzene rings is 3. The summed E-state index contributed by atoms with van der Waals surface area (Å²) in [6.45, 7) is 0. The summed E-state index contributed by atoms with van der Waals surface area (Å²) in [4.78, 5) is 11.1. The summed E-state index contributed by atoms with van der Waals surface area (Å²) in [6, 6.07) is 5.62. The van der Waals surface area contributed by atoms with Crippen LogP contribution < -0.4 is 88.7 Å². The van der Waals surface area contributed by atoms with Gasteiger partial charge in [-0.05, 0) is 88.0 Å². The number of aromatic hydroxyl groups is 2. The van der Waals surface area contributed by atoms with Crippen LogP contribution in [0.1, 0.15) is 27.0 Å². The minimum absolute atomic E-state index is 0. The Hall–Kier alpha value is 1.47. The first-order chi connectivity index (χ1) is 16.5. The van der Waals surface area contributed by atoms with Crippen molar-refractivity contribution < 1.29 is 134 Å². The molecule has 0 atom stereocenters. The number of halogens is 4. The molecule has 3 aromatic carbocycles. The zero-order valence-corrected chi connectivity index (χ0v) is 33.9. The van der Waals surface area contributed by atoms with E-state index >= 15 is 0 Å². The van der Waals surface area contributed by atoms with Gasteiger partial charge in [0.1, 0.15) is 31.7 Å². The van der Waals surface area contributed by atoms with Crippen LogP contribution in [0.3, 0.4) is 0 Å². The summed E-state index contributed by atoms with van der Waals surface area (Å²) in [5.41, 5.74) is -2.56. The smallest absolute Gasteiger partial charge is 0.744 e. The molecular weight excluding hydrogens is 853 g/mol. The minimum atomic E-state index is -5.22. The molecule has 0 unspecified atom stereocenters. The molecule has 39 heavy (non-hydrogen) atoms. The van der Waals surface area contributed by atoms with Gasteiger partial charge in [0.25, 0.3) is 0 Å². The molecule has 0 aliphatic carbocycles. The number of carbonyl (C=O) groups excluding carboxylic acids is 1. The second kappa shape index (κ2) is 13.6. The molecule has 0 radical (unpaired) electrons. The van der Waals surface area contributed by atoms with Crippen molar-refractivity contribution in [1.82, 2.24) is 0 Å². The second-order valence-corrected chi connectivity index (χ2v) is 13.2. The molecule has 2 N–H and O–H groups in total. The normalized spacial score (nSPS) is 13.8. The van der Waals surface area contributed by atoms with Crippen molar-refractivity contribution in [3.63, 3.8) is 0 Å². The average molecular weight is 861 g/mol.